The van der Waals surface area contributed by atoms with Crippen LogP contribution in [-0.4, -0.2) is 39.3 Å². The summed E-state index contributed by atoms with van der Waals surface area (Å²) in [7, 11) is 3.16. The van der Waals surface area contributed by atoms with Crippen molar-refractivity contribution < 1.29 is 22.7 Å². The van der Waals surface area contributed by atoms with E-state index in [1.54, 1.807) is 19.2 Å². The van der Waals surface area contributed by atoms with Crippen molar-refractivity contribution in [2.45, 2.75) is 18.7 Å². The number of alkyl halides is 3. The van der Waals surface area contributed by atoms with Crippen LogP contribution in [0.2, 0.25) is 0 Å². The maximum Gasteiger partial charge on any atom is 0.416 e. The second kappa shape index (κ2) is 9.32. The van der Waals surface area contributed by atoms with Gasteiger partial charge in [0.15, 0.2) is 0 Å². The Balaban J connectivity index is 2.63. The van der Waals surface area contributed by atoms with Gasteiger partial charge in [0, 0.05) is 26.6 Å². The van der Waals surface area contributed by atoms with Crippen LogP contribution >= 0.6 is 0 Å². The molecule has 0 saturated heterocycles. The van der Waals surface area contributed by atoms with Gasteiger partial charge in [-0.2, -0.15) is 13.2 Å². The third-order valence-electron chi connectivity index (χ3n) is 3.14. The molecule has 0 aromatic heterocycles. The van der Waals surface area contributed by atoms with Gasteiger partial charge in [0.2, 0.25) is 5.91 Å². The Morgan fingerprint density at radius 2 is 2.00 bits per heavy atom. The van der Waals surface area contributed by atoms with Crippen molar-refractivity contribution in [2.75, 3.05) is 27.2 Å². The molecule has 128 valence electrons. The van der Waals surface area contributed by atoms with E-state index in [-0.39, 0.29) is 12.3 Å². The lowest BCUT2D eigenvalue weighted by Gasteiger charge is -2.16. The number of hydrogen-bond donors (Lipinski definition) is 2. The number of carbonyl (C=O) groups excluding carboxylic acids is 1. The largest absolute Gasteiger partial charge is 0.416 e. The molecule has 1 aromatic carbocycles. The van der Waals surface area contributed by atoms with Crippen LogP contribution in [0.1, 0.15) is 11.1 Å². The first-order valence-corrected chi connectivity index (χ1v) is 7.14. The van der Waals surface area contributed by atoms with Crippen molar-refractivity contribution in [3.05, 3.63) is 47.5 Å². The van der Waals surface area contributed by atoms with Crippen LogP contribution in [-0.2, 0) is 22.1 Å². The van der Waals surface area contributed by atoms with Gasteiger partial charge in [0.25, 0.3) is 0 Å². The van der Waals surface area contributed by atoms with E-state index in [1.165, 1.54) is 13.2 Å². The first-order valence-electron chi connectivity index (χ1n) is 7.14. The van der Waals surface area contributed by atoms with Crippen molar-refractivity contribution >= 4 is 5.91 Å². The highest BCUT2D eigenvalue weighted by Gasteiger charge is 2.30. The lowest BCUT2D eigenvalue weighted by atomic mass is 10.0. The maximum atomic E-state index is 12.7. The number of rotatable bonds is 8. The molecular formula is C16H21F3N2O2. The second-order valence-electron chi connectivity index (χ2n) is 4.90. The fourth-order valence-electron chi connectivity index (χ4n) is 1.93. The van der Waals surface area contributed by atoms with E-state index < -0.39 is 17.8 Å². The summed E-state index contributed by atoms with van der Waals surface area (Å²) in [6.07, 6.45) is -1.53. The summed E-state index contributed by atoms with van der Waals surface area (Å²) in [5.74, 6) is -0.362. The summed E-state index contributed by atoms with van der Waals surface area (Å²) in [6, 6.07) is 4.90. The number of ether oxygens (including phenoxy) is 1. The Morgan fingerprint density at radius 3 is 2.61 bits per heavy atom. The van der Waals surface area contributed by atoms with Crippen LogP contribution < -0.4 is 10.6 Å². The molecule has 0 aliphatic rings. The van der Waals surface area contributed by atoms with Gasteiger partial charge in [-0.3, -0.25) is 4.79 Å². The molecule has 1 atom stereocenters. The number of hydrogen-bond acceptors (Lipinski definition) is 3. The fraction of sp³-hybridized carbons (Fsp3) is 0.438. The SMILES string of the molecule is CNC/C=C/CNC(=O)[C@H](Cc1cccc(C(F)(F)F)c1)OC. The van der Waals surface area contributed by atoms with E-state index in [4.69, 9.17) is 4.74 Å². The summed E-state index contributed by atoms with van der Waals surface area (Å²) < 4.78 is 43.2. The molecule has 1 aromatic rings. The highest BCUT2D eigenvalue weighted by Crippen LogP contribution is 2.29. The zero-order valence-electron chi connectivity index (χ0n) is 13.1. The highest BCUT2D eigenvalue weighted by atomic mass is 19.4. The monoisotopic (exact) mass is 330 g/mol. The topological polar surface area (TPSA) is 50.4 Å². The number of nitrogens with one attached hydrogen (secondary N) is 2. The molecule has 7 heteroatoms. The molecule has 1 rings (SSSR count). The lowest BCUT2D eigenvalue weighted by molar-refractivity contribution is -0.137. The zero-order valence-corrected chi connectivity index (χ0v) is 13.1. The second-order valence-corrected chi connectivity index (χ2v) is 4.90. The molecule has 0 radical (unpaired) electrons. The Labute approximate surface area is 133 Å². The Kier molecular flexibility index (Phi) is 7.77. The number of carbonyl (C=O) groups is 1. The molecule has 0 aliphatic carbocycles. The van der Waals surface area contributed by atoms with Crippen molar-refractivity contribution in [3.63, 3.8) is 0 Å². The van der Waals surface area contributed by atoms with Gasteiger partial charge in [-0.05, 0) is 18.7 Å². The van der Waals surface area contributed by atoms with Crippen LogP contribution in [0.3, 0.4) is 0 Å². The van der Waals surface area contributed by atoms with Gasteiger partial charge in [-0.25, -0.2) is 0 Å². The molecule has 23 heavy (non-hydrogen) atoms. The third kappa shape index (κ3) is 6.83. The van der Waals surface area contributed by atoms with Gasteiger partial charge in [-0.1, -0.05) is 30.4 Å². The van der Waals surface area contributed by atoms with Gasteiger partial charge < -0.3 is 15.4 Å². The Bertz CT molecular complexity index is 530. The van der Waals surface area contributed by atoms with E-state index in [0.29, 0.717) is 18.7 Å². The molecule has 0 saturated carbocycles. The third-order valence-corrected chi connectivity index (χ3v) is 3.14. The number of likely N-dealkylation sites (N-methyl/N-ethyl adjacent to an activating group) is 1. The average Bonchev–Trinajstić information content (AvgIpc) is 2.51. The van der Waals surface area contributed by atoms with Gasteiger partial charge in [-0.15, -0.1) is 0 Å². The summed E-state index contributed by atoms with van der Waals surface area (Å²) in [5.41, 5.74) is -0.340. The van der Waals surface area contributed by atoms with Crippen LogP contribution in [0, 0.1) is 0 Å². The number of methoxy groups -OCH3 is 1. The van der Waals surface area contributed by atoms with E-state index in [2.05, 4.69) is 10.6 Å². The zero-order chi connectivity index (χ0) is 17.3. The molecule has 0 fully saturated rings. The molecule has 2 N–H and O–H groups in total. The molecule has 0 unspecified atom stereocenters. The summed E-state index contributed by atoms with van der Waals surface area (Å²) in [4.78, 5) is 12.0. The normalized spacial score (nSPS) is 13.3. The molecule has 0 heterocycles. The molecule has 4 nitrogen and oxygen atoms in total. The number of halogens is 3. The number of benzene rings is 1. The van der Waals surface area contributed by atoms with Crippen molar-refractivity contribution in [3.8, 4) is 0 Å². The van der Waals surface area contributed by atoms with Gasteiger partial charge >= 0.3 is 6.18 Å². The molecular weight excluding hydrogens is 309 g/mol. The van der Waals surface area contributed by atoms with Crippen molar-refractivity contribution in [2.24, 2.45) is 0 Å². The predicted molar refractivity (Wildman–Crippen MR) is 82.0 cm³/mol. The van der Waals surface area contributed by atoms with Crippen molar-refractivity contribution in [1.82, 2.24) is 10.6 Å². The van der Waals surface area contributed by atoms with E-state index in [1.807, 2.05) is 6.08 Å². The van der Waals surface area contributed by atoms with Gasteiger partial charge in [0.1, 0.15) is 6.10 Å². The van der Waals surface area contributed by atoms with Gasteiger partial charge in [0.05, 0.1) is 5.56 Å². The van der Waals surface area contributed by atoms with E-state index >= 15 is 0 Å². The Morgan fingerprint density at radius 1 is 1.30 bits per heavy atom. The Hall–Kier alpha value is -1.86. The number of amides is 1. The van der Waals surface area contributed by atoms with E-state index in [0.717, 1.165) is 12.1 Å². The first kappa shape index (κ1) is 19.2. The minimum absolute atomic E-state index is 0.0759. The van der Waals surface area contributed by atoms with Crippen LogP contribution in [0.15, 0.2) is 36.4 Å². The molecule has 0 spiro atoms. The minimum atomic E-state index is -4.40. The fourth-order valence-corrected chi connectivity index (χ4v) is 1.93. The summed E-state index contributed by atoms with van der Waals surface area (Å²) in [5, 5.41) is 5.58. The molecule has 1 amide bonds. The molecule has 0 bridgehead atoms. The van der Waals surface area contributed by atoms with Crippen LogP contribution in [0.25, 0.3) is 0 Å². The van der Waals surface area contributed by atoms with Crippen molar-refractivity contribution in [1.29, 1.82) is 0 Å². The van der Waals surface area contributed by atoms with Crippen LogP contribution in [0.4, 0.5) is 13.2 Å². The quantitative estimate of drug-likeness (QED) is 0.718. The summed E-state index contributed by atoms with van der Waals surface area (Å²) in [6.45, 7) is 1.02. The lowest BCUT2D eigenvalue weighted by Crippen LogP contribution is -2.37. The molecule has 0 aliphatic heterocycles. The van der Waals surface area contributed by atoms with E-state index in [9.17, 15) is 18.0 Å². The highest BCUT2D eigenvalue weighted by molar-refractivity contribution is 5.81. The predicted octanol–water partition coefficient (Wildman–Crippen LogP) is 2.15. The summed E-state index contributed by atoms with van der Waals surface area (Å²) >= 11 is 0. The standard InChI is InChI=1S/C16H21F3N2O2/c1-20-8-3-4-9-21-15(22)14(23-2)11-12-6-5-7-13(10-12)16(17,18)19/h3-7,10,14,20H,8-9,11H2,1-2H3,(H,21,22)/b4-3+/t14-/m0/s1. The smallest absolute Gasteiger partial charge is 0.371 e. The first-order chi connectivity index (χ1) is 10.9. The van der Waals surface area contributed by atoms with Crippen LogP contribution in [0.5, 0.6) is 0 Å². The minimum Gasteiger partial charge on any atom is -0.371 e. The average molecular weight is 330 g/mol. The maximum absolute atomic E-state index is 12.7.